The Labute approximate surface area is 88.6 Å². The first-order valence-electron chi connectivity index (χ1n) is 5.12. The molecule has 0 spiro atoms. The van der Waals surface area contributed by atoms with Crippen molar-refractivity contribution >= 4 is 15.9 Å². The third-order valence-electron chi connectivity index (χ3n) is 3.02. The van der Waals surface area contributed by atoms with Gasteiger partial charge in [-0.05, 0) is 36.7 Å². The van der Waals surface area contributed by atoms with E-state index in [4.69, 9.17) is 0 Å². The summed E-state index contributed by atoms with van der Waals surface area (Å²) in [4.78, 5) is 2.52. The fraction of sp³-hybridized carbons (Fsp3) is 0.636. The smallest absolute Gasteiger partial charge is 0.0175 e. The van der Waals surface area contributed by atoms with E-state index >= 15 is 0 Å². The number of fused-ring (bicyclic) bond motifs is 1. The van der Waals surface area contributed by atoms with E-state index < -0.39 is 0 Å². The minimum absolute atomic E-state index is 0.785. The summed E-state index contributed by atoms with van der Waals surface area (Å²) in [6, 6.07) is 0. The summed E-state index contributed by atoms with van der Waals surface area (Å²) >= 11 is 3.59. The zero-order valence-electron chi connectivity index (χ0n) is 8.09. The van der Waals surface area contributed by atoms with Crippen LogP contribution in [0, 0.1) is 5.92 Å². The van der Waals surface area contributed by atoms with Crippen LogP contribution >= 0.6 is 15.9 Å². The van der Waals surface area contributed by atoms with E-state index in [0.717, 1.165) is 12.5 Å². The number of halogens is 1. The normalized spacial score (nSPS) is 27.8. The minimum Gasteiger partial charge on any atom is -0.375 e. The maximum Gasteiger partial charge on any atom is 0.0175 e. The SMILES string of the molecule is CCN1CCCC2CC(Br)=CC=C21. The topological polar surface area (TPSA) is 3.24 Å². The molecule has 2 aliphatic rings. The van der Waals surface area contributed by atoms with Crippen LogP contribution in [-0.2, 0) is 0 Å². The van der Waals surface area contributed by atoms with Crippen LogP contribution in [0.3, 0.4) is 0 Å². The zero-order chi connectivity index (χ0) is 9.26. The zero-order valence-corrected chi connectivity index (χ0v) is 9.68. The molecular formula is C11H16BrN. The molecule has 0 aromatic rings. The highest BCUT2D eigenvalue weighted by atomic mass is 79.9. The van der Waals surface area contributed by atoms with Crippen molar-refractivity contribution in [2.45, 2.75) is 26.2 Å². The molecule has 1 saturated heterocycles. The second kappa shape index (κ2) is 3.87. The molecule has 0 amide bonds. The van der Waals surface area contributed by atoms with Crippen molar-refractivity contribution in [1.82, 2.24) is 4.90 Å². The third kappa shape index (κ3) is 1.83. The molecule has 1 atom stereocenters. The maximum absolute atomic E-state index is 3.59. The third-order valence-corrected chi connectivity index (χ3v) is 3.61. The number of rotatable bonds is 1. The monoisotopic (exact) mass is 241 g/mol. The van der Waals surface area contributed by atoms with Gasteiger partial charge in [0.25, 0.3) is 0 Å². The molecule has 2 rings (SSSR count). The molecular weight excluding hydrogens is 226 g/mol. The van der Waals surface area contributed by atoms with Crippen molar-refractivity contribution in [1.29, 1.82) is 0 Å². The van der Waals surface area contributed by atoms with Gasteiger partial charge < -0.3 is 4.90 Å². The highest BCUT2D eigenvalue weighted by Gasteiger charge is 2.25. The predicted molar refractivity (Wildman–Crippen MR) is 59.7 cm³/mol. The molecule has 0 aromatic heterocycles. The van der Waals surface area contributed by atoms with E-state index in [0.29, 0.717) is 0 Å². The number of likely N-dealkylation sites (tertiary alicyclic amines) is 1. The van der Waals surface area contributed by atoms with Gasteiger partial charge in [0.15, 0.2) is 0 Å². The van der Waals surface area contributed by atoms with Crippen LogP contribution in [0.15, 0.2) is 22.3 Å². The van der Waals surface area contributed by atoms with Crippen LogP contribution in [0.1, 0.15) is 26.2 Å². The summed E-state index contributed by atoms with van der Waals surface area (Å²) in [5.41, 5.74) is 1.57. The first-order chi connectivity index (χ1) is 6.31. The van der Waals surface area contributed by atoms with E-state index in [1.807, 2.05) is 0 Å². The van der Waals surface area contributed by atoms with Crippen molar-refractivity contribution in [2.75, 3.05) is 13.1 Å². The van der Waals surface area contributed by atoms with Gasteiger partial charge in [-0.3, -0.25) is 0 Å². The Morgan fingerprint density at radius 3 is 3.15 bits per heavy atom. The first kappa shape index (κ1) is 9.32. The number of piperidine rings is 1. The van der Waals surface area contributed by atoms with Crippen molar-refractivity contribution < 1.29 is 0 Å². The molecule has 1 heterocycles. The van der Waals surface area contributed by atoms with Crippen LogP contribution in [0.2, 0.25) is 0 Å². The lowest BCUT2D eigenvalue weighted by Crippen LogP contribution is -2.33. The molecule has 0 radical (unpaired) electrons. The van der Waals surface area contributed by atoms with E-state index in [2.05, 4.69) is 39.9 Å². The average molecular weight is 242 g/mol. The van der Waals surface area contributed by atoms with E-state index in [9.17, 15) is 0 Å². The summed E-state index contributed by atoms with van der Waals surface area (Å²) in [6.07, 6.45) is 8.43. The first-order valence-corrected chi connectivity index (χ1v) is 5.91. The number of hydrogen-bond donors (Lipinski definition) is 0. The molecule has 1 fully saturated rings. The number of hydrogen-bond acceptors (Lipinski definition) is 1. The molecule has 2 heteroatoms. The van der Waals surface area contributed by atoms with Crippen LogP contribution in [-0.4, -0.2) is 18.0 Å². The lowest BCUT2D eigenvalue weighted by molar-refractivity contribution is 0.249. The molecule has 72 valence electrons. The summed E-state index contributed by atoms with van der Waals surface area (Å²) in [5.74, 6) is 0.785. The summed E-state index contributed by atoms with van der Waals surface area (Å²) in [5, 5.41) is 0. The van der Waals surface area contributed by atoms with Gasteiger partial charge in [0.05, 0.1) is 0 Å². The Balaban J connectivity index is 2.20. The predicted octanol–water partition coefficient (Wildman–Crippen LogP) is 3.28. The Morgan fingerprint density at radius 2 is 2.38 bits per heavy atom. The number of nitrogens with zero attached hydrogens (tertiary/aromatic N) is 1. The van der Waals surface area contributed by atoms with Crippen molar-refractivity contribution in [3.8, 4) is 0 Å². The summed E-state index contributed by atoms with van der Waals surface area (Å²) in [6.45, 7) is 4.66. The average Bonchev–Trinajstić information content (AvgIpc) is 2.16. The van der Waals surface area contributed by atoms with Crippen LogP contribution in [0.4, 0.5) is 0 Å². The minimum atomic E-state index is 0.785. The van der Waals surface area contributed by atoms with Gasteiger partial charge in [-0.25, -0.2) is 0 Å². The van der Waals surface area contributed by atoms with Crippen molar-refractivity contribution in [2.24, 2.45) is 5.92 Å². The molecule has 1 nitrogen and oxygen atoms in total. The fourth-order valence-corrected chi connectivity index (χ4v) is 2.85. The molecule has 0 N–H and O–H groups in total. The highest BCUT2D eigenvalue weighted by Crippen LogP contribution is 2.36. The van der Waals surface area contributed by atoms with Gasteiger partial charge in [0.2, 0.25) is 0 Å². The Hall–Kier alpha value is -0.240. The van der Waals surface area contributed by atoms with Gasteiger partial charge in [0.1, 0.15) is 0 Å². The second-order valence-electron chi connectivity index (χ2n) is 3.83. The standard InChI is InChI=1S/C11H16BrN/c1-2-13-7-3-4-9-8-10(12)5-6-11(9)13/h5-6,9H,2-4,7-8H2,1H3. The summed E-state index contributed by atoms with van der Waals surface area (Å²) < 4.78 is 1.36. The van der Waals surface area contributed by atoms with Crippen molar-refractivity contribution in [3.05, 3.63) is 22.3 Å². The molecule has 1 aliphatic carbocycles. The van der Waals surface area contributed by atoms with E-state index in [-0.39, 0.29) is 0 Å². The van der Waals surface area contributed by atoms with Crippen LogP contribution < -0.4 is 0 Å². The Kier molecular flexibility index (Phi) is 2.77. The largest absolute Gasteiger partial charge is 0.375 e. The Bertz CT molecular complexity index is 247. The maximum atomic E-state index is 3.59. The Morgan fingerprint density at radius 1 is 1.54 bits per heavy atom. The van der Waals surface area contributed by atoms with Gasteiger partial charge in [-0.15, -0.1) is 0 Å². The second-order valence-corrected chi connectivity index (χ2v) is 4.85. The number of allylic oxidation sites excluding steroid dienone is 4. The van der Waals surface area contributed by atoms with Crippen LogP contribution in [0.25, 0.3) is 0 Å². The van der Waals surface area contributed by atoms with Crippen molar-refractivity contribution in [3.63, 3.8) is 0 Å². The van der Waals surface area contributed by atoms with Gasteiger partial charge in [-0.1, -0.05) is 22.0 Å². The lowest BCUT2D eigenvalue weighted by atomic mass is 9.88. The van der Waals surface area contributed by atoms with E-state index in [1.54, 1.807) is 5.70 Å². The lowest BCUT2D eigenvalue weighted by Gasteiger charge is -2.38. The van der Waals surface area contributed by atoms with E-state index in [1.165, 1.54) is 30.3 Å². The van der Waals surface area contributed by atoms with Gasteiger partial charge in [-0.2, -0.15) is 0 Å². The van der Waals surface area contributed by atoms with Gasteiger partial charge in [0, 0.05) is 24.7 Å². The fourth-order valence-electron chi connectivity index (χ4n) is 2.33. The quantitative estimate of drug-likeness (QED) is 0.682. The molecule has 1 unspecified atom stereocenters. The molecule has 0 saturated carbocycles. The molecule has 0 bridgehead atoms. The molecule has 0 aromatic carbocycles. The van der Waals surface area contributed by atoms with Crippen LogP contribution in [0.5, 0.6) is 0 Å². The summed E-state index contributed by atoms with van der Waals surface area (Å²) in [7, 11) is 0. The highest BCUT2D eigenvalue weighted by molar-refractivity contribution is 9.11. The molecule has 13 heavy (non-hydrogen) atoms. The van der Waals surface area contributed by atoms with Gasteiger partial charge >= 0.3 is 0 Å². The molecule has 1 aliphatic heterocycles.